The molecule has 2 heterocycles. The highest BCUT2D eigenvalue weighted by molar-refractivity contribution is 7.09. The molecule has 24 heavy (non-hydrogen) atoms. The monoisotopic (exact) mass is 351 g/mol. The number of guanidine groups is 1. The quantitative estimate of drug-likeness (QED) is 0.643. The van der Waals surface area contributed by atoms with Crippen LogP contribution in [-0.2, 0) is 16.8 Å². The molecular formula is C17H29N5OS. The minimum atomic E-state index is -0.220. The summed E-state index contributed by atoms with van der Waals surface area (Å²) in [5.74, 6) is 0.970. The molecule has 0 saturated carbocycles. The Kier molecular flexibility index (Phi) is 6.21. The maximum Gasteiger partial charge on any atom is 0.217 e. The zero-order valence-corrected chi connectivity index (χ0v) is 15.9. The van der Waals surface area contributed by atoms with Crippen molar-refractivity contribution in [3.05, 3.63) is 16.1 Å². The average Bonchev–Trinajstić information content (AvgIpc) is 2.97. The second-order valence-electron chi connectivity index (χ2n) is 7.42. The number of piperidine rings is 1. The summed E-state index contributed by atoms with van der Waals surface area (Å²) in [4.78, 5) is 22.5. The molecule has 0 aliphatic carbocycles. The van der Waals surface area contributed by atoms with E-state index < -0.39 is 0 Å². The average molecular weight is 352 g/mol. The number of hydrogen-bond donors (Lipinski definition) is 2. The first-order chi connectivity index (χ1) is 11.3. The van der Waals surface area contributed by atoms with Crippen LogP contribution in [0.4, 0.5) is 0 Å². The van der Waals surface area contributed by atoms with E-state index in [1.807, 2.05) is 0 Å². The molecular weight excluding hydrogens is 322 g/mol. The zero-order chi connectivity index (χ0) is 17.7. The number of primary amides is 1. The molecule has 0 aromatic carbocycles. The number of likely N-dealkylation sites (tertiary alicyclic amines) is 1. The van der Waals surface area contributed by atoms with Crippen LogP contribution in [0, 0.1) is 5.92 Å². The Morgan fingerprint density at radius 2 is 2.29 bits per heavy atom. The van der Waals surface area contributed by atoms with Crippen molar-refractivity contribution in [3.63, 3.8) is 0 Å². The molecule has 1 aromatic heterocycles. The summed E-state index contributed by atoms with van der Waals surface area (Å²) >= 11 is 1.70. The van der Waals surface area contributed by atoms with E-state index >= 15 is 0 Å². The molecule has 3 N–H and O–H groups in total. The van der Waals surface area contributed by atoms with Gasteiger partial charge < -0.3 is 16.0 Å². The van der Waals surface area contributed by atoms with Gasteiger partial charge in [0.15, 0.2) is 5.96 Å². The lowest BCUT2D eigenvalue weighted by atomic mass is 9.95. The minimum Gasteiger partial charge on any atom is -0.370 e. The lowest BCUT2D eigenvalue weighted by Crippen LogP contribution is -2.46. The van der Waals surface area contributed by atoms with Gasteiger partial charge in [0.25, 0.3) is 0 Å². The molecule has 1 unspecified atom stereocenters. The van der Waals surface area contributed by atoms with Gasteiger partial charge in [-0.15, -0.1) is 11.3 Å². The van der Waals surface area contributed by atoms with Gasteiger partial charge in [-0.3, -0.25) is 9.79 Å². The maximum atomic E-state index is 11.2. The van der Waals surface area contributed by atoms with Gasteiger partial charge in [-0.05, 0) is 18.8 Å². The largest absolute Gasteiger partial charge is 0.370 e. The molecule has 2 rings (SSSR count). The summed E-state index contributed by atoms with van der Waals surface area (Å²) in [5, 5.41) is 6.65. The Hall–Kier alpha value is -1.63. The molecule has 1 fully saturated rings. The van der Waals surface area contributed by atoms with Gasteiger partial charge in [-0.25, -0.2) is 4.98 Å². The van der Waals surface area contributed by atoms with Crippen molar-refractivity contribution in [1.82, 2.24) is 15.2 Å². The van der Waals surface area contributed by atoms with Crippen LogP contribution in [0.1, 0.15) is 50.7 Å². The van der Waals surface area contributed by atoms with Crippen molar-refractivity contribution in [2.75, 3.05) is 20.1 Å². The lowest BCUT2D eigenvalue weighted by Gasteiger charge is -2.34. The van der Waals surface area contributed by atoms with E-state index in [4.69, 9.17) is 10.7 Å². The predicted octanol–water partition coefficient (Wildman–Crippen LogP) is 2.10. The van der Waals surface area contributed by atoms with Crippen molar-refractivity contribution >= 4 is 23.2 Å². The summed E-state index contributed by atoms with van der Waals surface area (Å²) < 4.78 is 0. The second kappa shape index (κ2) is 7.96. The fourth-order valence-electron chi connectivity index (χ4n) is 2.94. The molecule has 1 aliphatic rings. The van der Waals surface area contributed by atoms with Crippen LogP contribution in [0.5, 0.6) is 0 Å². The topological polar surface area (TPSA) is 83.6 Å². The fraction of sp³-hybridized carbons (Fsp3) is 0.706. The van der Waals surface area contributed by atoms with Crippen LogP contribution in [0.3, 0.4) is 0 Å². The number of amides is 1. The van der Waals surface area contributed by atoms with Gasteiger partial charge >= 0.3 is 0 Å². The predicted molar refractivity (Wildman–Crippen MR) is 99.1 cm³/mol. The van der Waals surface area contributed by atoms with E-state index in [1.54, 1.807) is 18.4 Å². The number of thiazole rings is 1. The van der Waals surface area contributed by atoms with Crippen LogP contribution < -0.4 is 11.1 Å². The van der Waals surface area contributed by atoms with Crippen molar-refractivity contribution in [2.45, 2.75) is 52.0 Å². The van der Waals surface area contributed by atoms with Gasteiger partial charge in [0, 0.05) is 37.4 Å². The minimum absolute atomic E-state index is 0.0828. The van der Waals surface area contributed by atoms with E-state index in [1.165, 1.54) is 0 Å². The number of hydrogen-bond acceptors (Lipinski definition) is 4. The van der Waals surface area contributed by atoms with Gasteiger partial charge in [0.05, 0.1) is 17.2 Å². The summed E-state index contributed by atoms with van der Waals surface area (Å²) in [5.41, 5.74) is 6.46. The third kappa shape index (κ3) is 5.19. The highest BCUT2D eigenvalue weighted by Gasteiger charge is 2.24. The highest BCUT2D eigenvalue weighted by Crippen LogP contribution is 2.25. The van der Waals surface area contributed by atoms with Crippen molar-refractivity contribution in [1.29, 1.82) is 0 Å². The van der Waals surface area contributed by atoms with Crippen LogP contribution >= 0.6 is 11.3 Å². The van der Waals surface area contributed by atoms with Gasteiger partial charge in [-0.1, -0.05) is 20.8 Å². The standard InChI is InChI=1S/C17H29N5OS/c1-17(2,3)15-21-13(11-24-15)9-20-16(19-4)22-7-5-6-12(10-22)8-14(18)23/h11-12H,5-10H2,1-4H3,(H2,18,23)(H,19,20). The molecule has 0 radical (unpaired) electrons. The van der Waals surface area contributed by atoms with E-state index in [9.17, 15) is 4.79 Å². The molecule has 1 amide bonds. The van der Waals surface area contributed by atoms with Crippen molar-refractivity contribution in [3.8, 4) is 0 Å². The third-order valence-corrected chi connectivity index (χ3v) is 5.46. The number of carbonyl (C=O) groups is 1. The first kappa shape index (κ1) is 18.7. The number of aromatic nitrogens is 1. The van der Waals surface area contributed by atoms with Crippen LogP contribution in [0.2, 0.25) is 0 Å². The molecule has 1 atom stereocenters. The van der Waals surface area contributed by atoms with Crippen LogP contribution in [-0.4, -0.2) is 41.9 Å². The molecule has 134 valence electrons. The molecule has 7 heteroatoms. The van der Waals surface area contributed by atoms with Crippen LogP contribution in [0.15, 0.2) is 10.4 Å². The molecule has 0 spiro atoms. The Bertz CT molecular complexity index is 590. The van der Waals surface area contributed by atoms with E-state index in [0.29, 0.717) is 18.9 Å². The first-order valence-electron chi connectivity index (χ1n) is 8.48. The summed E-state index contributed by atoms with van der Waals surface area (Å²) in [6.45, 7) is 8.97. The number of nitrogens with zero attached hydrogens (tertiary/aromatic N) is 3. The number of aliphatic imine (C=N–C) groups is 1. The summed E-state index contributed by atoms with van der Waals surface area (Å²) in [7, 11) is 1.79. The van der Waals surface area contributed by atoms with Crippen molar-refractivity contribution in [2.24, 2.45) is 16.6 Å². The van der Waals surface area contributed by atoms with Crippen molar-refractivity contribution < 1.29 is 4.79 Å². The fourth-order valence-corrected chi connectivity index (χ4v) is 3.85. The Morgan fingerprint density at radius 3 is 2.88 bits per heavy atom. The third-order valence-electron chi connectivity index (χ3n) is 4.14. The molecule has 0 bridgehead atoms. The second-order valence-corrected chi connectivity index (χ2v) is 8.28. The van der Waals surface area contributed by atoms with E-state index in [-0.39, 0.29) is 11.3 Å². The Morgan fingerprint density at radius 1 is 1.54 bits per heavy atom. The van der Waals surface area contributed by atoms with Gasteiger partial charge in [-0.2, -0.15) is 0 Å². The lowest BCUT2D eigenvalue weighted by molar-refractivity contribution is -0.119. The highest BCUT2D eigenvalue weighted by atomic mass is 32.1. The molecule has 1 aromatic rings. The summed E-state index contributed by atoms with van der Waals surface area (Å²) in [6, 6.07) is 0. The van der Waals surface area contributed by atoms with Gasteiger partial charge in [0.2, 0.25) is 5.91 Å². The Labute approximate surface area is 148 Å². The van der Waals surface area contributed by atoms with E-state index in [2.05, 4.69) is 41.4 Å². The normalized spacial score (nSPS) is 19.4. The molecule has 1 aliphatic heterocycles. The molecule has 1 saturated heterocycles. The number of nitrogens with two attached hydrogens (primary N) is 1. The molecule has 6 nitrogen and oxygen atoms in total. The summed E-state index contributed by atoms with van der Waals surface area (Å²) in [6.07, 6.45) is 2.56. The SMILES string of the molecule is CN=C(NCc1csc(C(C)(C)C)n1)N1CCCC(CC(N)=O)C1. The van der Waals surface area contributed by atoms with E-state index in [0.717, 1.165) is 42.6 Å². The number of carbonyl (C=O) groups excluding carboxylic acids is 1. The Balaban J connectivity index is 1.92. The van der Waals surface area contributed by atoms with Crippen LogP contribution in [0.25, 0.3) is 0 Å². The number of rotatable bonds is 4. The zero-order valence-electron chi connectivity index (χ0n) is 15.1. The first-order valence-corrected chi connectivity index (χ1v) is 9.36. The van der Waals surface area contributed by atoms with Gasteiger partial charge in [0.1, 0.15) is 0 Å². The number of nitrogens with one attached hydrogen (secondary N) is 1. The smallest absolute Gasteiger partial charge is 0.217 e. The maximum absolute atomic E-state index is 11.2.